The Kier molecular flexibility index (Phi) is 10.3. The quantitative estimate of drug-likeness (QED) is 0.275. The van der Waals surface area contributed by atoms with Crippen LogP contribution in [0.3, 0.4) is 0 Å². The zero-order valence-electron chi connectivity index (χ0n) is 31.4. The van der Waals surface area contributed by atoms with Crippen molar-refractivity contribution in [2.75, 3.05) is 0 Å². The van der Waals surface area contributed by atoms with Gasteiger partial charge in [-0.2, -0.15) is 0 Å². The predicted molar refractivity (Wildman–Crippen MR) is 196 cm³/mol. The van der Waals surface area contributed by atoms with E-state index in [9.17, 15) is 9.79 Å². The molecular weight excluding hydrogens is 571 g/mol. The molecule has 0 bridgehead atoms. The van der Waals surface area contributed by atoms with E-state index in [-0.39, 0.29) is 27.1 Å². The van der Waals surface area contributed by atoms with Gasteiger partial charge in [-0.05, 0) is 109 Å². The monoisotopic (exact) mass is 632 g/mol. The molecule has 0 unspecified atom stereocenters. The van der Waals surface area contributed by atoms with Gasteiger partial charge in [-0.1, -0.05) is 134 Å². The first-order chi connectivity index (χ1) is 20.1. The van der Waals surface area contributed by atoms with Crippen molar-refractivity contribution in [1.29, 1.82) is 0 Å². The molecular formula is C41H61O3P. The van der Waals surface area contributed by atoms with E-state index in [2.05, 4.69) is 148 Å². The molecule has 0 aliphatic carbocycles. The fourth-order valence-corrected chi connectivity index (χ4v) is 7.25. The summed E-state index contributed by atoms with van der Waals surface area (Å²) >= 11 is 0. The fourth-order valence-electron chi connectivity index (χ4n) is 6.93. The topological polar surface area (TPSA) is 49.7 Å². The summed E-state index contributed by atoms with van der Waals surface area (Å²) in [5.41, 5.74) is 13.2. The Hall–Kier alpha value is -2.19. The lowest BCUT2D eigenvalue weighted by atomic mass is 9.71. The number of benzene rings is 3. The van der Waals surface area contributed by atoms with Crippen molar-refractivity contribution in [3.8, 4) is 16.9 Å². The molecule has 3 rings (SSSR count). The number of hydrogen-bond acceptors (Lipinski definition) is 3. The molecule has 0 aliphatic heterocycles. The number of aryl methyl sites for hydroxylation is 2. The third-order valence-corrected chi connectivity index (χ3v) is 9.31. The molecule has 0 fully saturated rings. The van der Waals surface area contributed by atoms with E-state index in [4.69, 9.17) is 4.52 Å². The van der Waals surface area contributed by atoms with Gasteiger partial charge in [0.25, 0.3) is 0 Å². The molecule has 0 aromatic heterocycles. The van der Waals surface area contributed by atoms with E-state index in [0.717, 1.165) is 11.1 Å². The van der Waals surface area contributed by atoms with Gasteiger partial charge in [0.05, 0.1) is 0 Å². The summed E-state index contributed by atoms with van der Waals surface area (Å²) in [6.45, 7) is 38.6. The average molecular weight is 633 g/mol. The van der Waals surface area contributed by atoms with Crippen LogP contribution in [0.25, 0.3) is 11.1 Å². The first-order valence-corrected chi connectivity index (χ1v) is 17.6. The summed E-state index contributed by atoms with van der Waals surface area (Å²) in [4.78, 5) is 20.4. The second-order valence-corrected chi connectivity index (χ2v) is 19.0. The normalized spacial score (nSPS) is 13.5. The maximum absolute atomic E-state index is 10.2. The van der Waals surface area contributed by atoms with Crippen LogP contribution in [0.1, 0.15) is 154 Å². The van der Waals surface area contributed by atoms with Crippen molar-refractivity contribution in [2.24, 2.45) is 0 Å². The van der Waals surface area contributed by atoms with E-state index in [1.54, 1.807) is 0 Å². The third kappa shape index (κ3) is 8.40. The van der Waals surface area contributed by atoms with Crippen molar-refractivity contribution in [1.82, 2.24) is 0 Å². The molecule has 3 nitrogen and oxygen atoms in total. The second-order valence-electron chi connectivity index (χ2n) is 18.3. The minimum absolute atomic E-state index is 0.0174. The molecule has 0 aliphatic rings. The molecule has 3 aromatic rings. The van der Waals surface area contributed by atoms with Crippen LogP contribution < -0.4 is 4.52 Å². The Morgan fingerprint density at radius 1 is 0.533 bits per heavy atom. The largest absolute Gasteiger partial charge is 0.426 e. The molecule has 0 atom stereocenters. The molecule has 248 valence electrons. The summed E-state index contributed by atoms with van der Waals surface area (Å²) in [6.07, 6.45) is 0.704. The summed E-state index contributed by atoms with van der Waals surface area (Å²) < 4.78 is 5.91. The van der Waals surface area contributed by atoms with Gasteiger partial charge in [0.2, 0.25) is 0 Å². The van der Waals surface area contributed by atoms with Gasteiger partial charge in [-0.25, -0.2) is 0 Å². The lowest BCUT2D eigenvalue weighted by Crippen LogP contribution is -2.22. The molecule has 0 heterocycles. The first kappa shape index (κ1) is 37.3. The van der Waals surface area contributed by atoms with Crippen LogP contribution >= 0.6 is 8.60 Å². The number of hydrogen-bond donors (Lipinski definition) is 2. The van der Waals surface area contributed by atoms with E-state index in [1.165, 1.54) is 50.1 Å². The Morgan fingerprint density at radius 2 is 0.956 bits per heavy atom. The molecule has 0 spiro atoms. The highest BCUT2D eigenvalue weighted by Crippen LogP contribution is 2.49. The Balaban J connectivity index is 2.59. The molecule has 0 saturated heterocycles. The third-order valence-electron chi connectivity index (χ3n) is 8.95. The minimum atomic E-state index is -2.61. The summed E-state index contributed by atoms with van der Waals surface area (Å²) in [6, 6.07) is 13.6. The highest BCUT2D eigenvalue weighted by Gasteiger charge is 2.32. The van der Waals surface area contributed by atoms with Crippen LogP contribution in [-0.4, -0.2) is 9.79 Å². The van der Waals surface area contributed by atoms with Crippen LogP contribution in [0.2, 0.25) is 0 Å². The molecule has 2 N–H and O–H groups in total. The smallest absolute Gasteiger partial charge is 0.391 e. The van der Waals surface area contributed by atoms with Crippen molar-refractivity contribution < 1.29 is 14.3 Å². The molecule has 0 amide bonds. The Bertz CT molecular complexity index is 1540. The van der Waals surface area contributed by atoms with Crippen LogP contribution in [-0.2, 0) is 33.5 Å². The molecule has 3 aromatic carbocycles. The highest BCUT2D eigenvalue weighted by atomic mass is 31.2. The summed E-state index contributed by atoms with van der Waals surface area (Å²) in [7, 11) is -2.61. The van der Waals surface area contributed by atoms with Gasteiger partial charge in [0.15, 0.2) is 0 Å². The summed E-state index contributed by atoms with van der Waals surface area (Å²) in [5, 5.41) is 0. The maximum Gasteiger partial charge on any atom is 0.391 e. The molecule has 0 saturated carbocycles. The fraction of sp³-hybridized carbons (Fsp3) is 0.561. The van der Waals surface area contributed by atoms with E-state index < -0.39 is 8.60 Å². The molecule has 4 heteroatoms. The van der Waals surface area contributed by atoms with E-state index in [0.29, 0.717) is 12.2 Å². The van der Waals surface area contributed by atoms with Gasteiger partial charge in [0.1, 0.15) is 5.75 Å². The van der Waals surface area contributed by atoms with Gasteiger partial charge in [-0.3, -0.25) is 0 Å². The zero-order chi connectivity index (χ0) is 34.7. The van der Waals surface area contributed by atoms with Crippen molar-refractivity contribution in [3.05, 3.63) is 86.5 Å². The molecule has 45 heavy (non-hydrogen) atoms. The highest BCUT2D eigenvalue weighted by molar-refractivity contribution is 7.39. The van der Waals surface area contributed by atoms with Crippen LogP contribution in [0.4, 0.5) is 0 Å². The van der Waals surface area contributed by atoms with E-state index in [1.807, 2.05) is 6.07 Å². The van der Waals surface area contributed by atoms with Gasteiger partial charge in [-0.15, -0.1) is 0 Å². The van der Waals surface area contributed by atoms with Gasteiger partial charge in [0, 0.05) is 5.56 Å². The van der Waals surface area contributed by atoms with E-state index >= 15 is 0 Å². The van der Waals surface area contributed by atoms with Crippen molar-refractivity contribution >= 4 is 8.60 Å². The SMILES string of the molecule is Cc1cc(Cc2c(C(C)(C)C)ccc(OP(O)O)c2-c2cc(C)c(C(C)(C)C)cc2C(C)(C)C)c(C(C)(C)C)cc1C(C)(C)C. The first-order valence-electron chi connectivity index (χ1n) is 16.5. The maximum atomic E-state index is 10.2. The number of rotatable bonds is 5. The van der Waals surface area contributed by atoms with Gasteiger partial charge >= 0.3 is 8.60 Å². The van der Waals surface area contributed by atoms with Crippen molar-refractivity contribution in [3.63, 3.8) is 0 Å². The Morgan fingerprint density at radius 3 is 1.38 bits per heavy atom. The Labute approximate surface area is 276 Å². The molecule has 0 radical (unpaired) electrons. The zero-order valence-corrected chi connectivity index (χ0v) is 32.3. The van der Waals surface area contributed by atoms with Crippen molar-refractivity contribution in [2.45, 2.75) is 151 Å². The lowest BCUT2D eigenvalue weighted by Gasteiger charge is -2.33. The van der Waals surface area contributed by atoms with Crippen LogP contribution in [0.5, 0.6) is 5.75 Å². The standard InChI is InChI=1S/C41H61O3P/c1-25-20-27(33(40(12,13)14)23-31(25)38(6,7)8)22-29-30(37(3,4)5)18-19-35(44-45(42)43)36(29)28-21-26(2)32(39(9,10)11)24-34(28)41(15,16)17/h18-21,23-24,42-43H,22H2,1-17H3. The minimum Gasteiger partial charge on any atom is -0.426 e. The lowest BCUT2D eigenvalue weighted by molar-refractivity contribution is 0.375. The summed E-state index contributed by atoms with van der Waals surface area (Å²) in [5.74, 6) is 0.517. The predicted octanol–water partition coefficient (Wildman–Crippen LogP) is 11.6. The van der Waals surface area contributed by atoms with Crippen LogP contribution in [0.15, 0.2) is 36.4 Å². The van der Waals surface area contributed by atoms with Crippen LogP contribution in [0, 0.1) is 13.8 Å². The van der Waals surface area contributed by atoms with Gasteiger partial charge < -0.3 is 14.3 Å². The average Bonchev–Trinajstić information content (AvgIpc) is 2.79. The second kappa shape index (κ2) is 12.4.